The van der Waals surface area contributed by atoms with Gasteiger partial charge < -0.3 is 13.7 Å². The van der Waals surface area contributed by atoms with E-state index in [0.717, 1.165) is 72.1 Å². The Hall–Kier alpha value is -6.62. The summed E-state index contributed by atoms with van der Waals surface area (Å²) in [6.07, 6.45) is 0. The highest BCUT2D eigenvalue weighted by Crippen LogP contribution is 2.48. The summed E-state index contributed by atoms with van der Waals surface area (Å²) in [6, 6.07) is 62.5. The third-order valence-corrected chi connectivity index (χ3v) is 11.6. The number of nitrogens with zero attached hydrogens (tertiary/aromatic N) is 1. The van der Waals surface area contributed by atoms with E-state index in [-0.39, 0.29) is 0 Å². The molecule has 4 heteroatoms. The molecule has 0 radical (unpaired) electrons. The first-order valence-electron chi connectivity index (χ1n) is 17.5. The first kappa shape index (κ1) is 29.1. The summed E-state index contributed by atoms with van der Waals surface area (Å²) in [4.78, 5) is 2.38. The summed E-state index contributed by atoms with van der Waals surface area (Å²) in [5.74, 6) is 0. The number of hydrogen-bond acceptors (Lipinski definition) is 4. The smallest absolute Gasteiger partial charge is 0.137 e. The van der Waals surface area contributed by atoms with Gasteiger partial charge in [-0.1, -0.05) is 115 Å². The van der Waals surface area contributed by atoms with Gasteiger partial charge in [0.05, 0.1) is 10.4 Å². The zero-order chi connectivity index (χ0) is 34.2. The van der Waals surface area contributed by atoms with Crippen LogP contribution < -0.4 is 4.90 Å². The van der Waals surface area contributed by atoms with Gasteiger partial charge in [-0.3, -0.25) is 0 Å². The summed E-state index contributed by atoms with van der Waals surface area (Å²) >= 11 is 1.86. The molecule has 0 atom stereocenters. The Labute approximate surface area is 303 Å². The Balaban J connectivity index is 1.10. The fourth-order valence-corrected chi connectivity index (χ4v) is 9.16. The first-order chi connectivity index (χ1) is 25.8. The van der Waals surface area contributed by atoms with E-state index in [9.17, 15) is 0 Å². The second-order valence-corrected chi connectivity index (χ2v) is 14.3. The third kappa shape index (κ3) is 4.51. The molecule has 3 aromatic heterocycles. The maximum atomic E-state index is 6.42. The van der Waals surface area contributed by atoms with Crippen LogP contribution in [-0.4, -0.2) is 0 Å². The molecule has 3 heterocycles. The van der Waals surface area contributed by atoms with E-state index in [1.807, 2.05) is 35.6 Å². The van der Waals surface area contributed by atoms with Crippen LogP contribution in [0.15, 0.2) is 185 Å². The Morgan fingerprint density at radius 1 is 0.346 bits per heavy atom. The number of fused-ring (bicyclic) bond motifs is 9. The van der Waals surface area contributed by atoms with Crippen LogP contribution in [0.2, 0.25) is 0 Å². The van der Waals surface area contributed by atoms with E-state index in [0.29, 0.717) is 0 Å². The zero-order valence-corrected chi connectivity index (χ0v) is 28.7. The van der Waals surface area contributed by atoms with Crippen molar-refractivity contribution in [3.63, 3.8) is 0 Å². The van der Waals surface area contributed by atoms with Gasteiger partial charge in [0.1, 0.15) is 22.3 Å². The lowest BCUT2D eigenvalue weighted by Gasteiger charge is -2.26. The van der Waals surface area contributed by atoms with Gasteiger partial charge in [-0.05, 0) is 76.9 Å². The Bertz CT molecular complexity index is 3130. The summed E-state index contributed by atoms with van der Waals surface area (Å²) in [6.45, 7) is 0. The number of thiophene rings is 1. The number of furan rings is 2. The number of hydrogen-bond donors (Lipinski definition) is 0. The molecular weight excluding hydrogens is 655 g/mol. The van der Waals surface area contributed by atoms with E-state index >= 15 is 0 Å². The summed E-state index contributed by atoms with van der Waals surface area (Å²) in [5.41, 5.74) is 11.6. The van der Waals surface area contributed by atoms with Crippen molar-refractivity contribution in [2.45, 2.75) is 0 Å². The van der Waals surface area contributed by atoms with Crippen molar-refractivity contribution >= 4 is 92.4 Å². The molecule has 244 valence electrons. The second kappa shape index (κ2) is 11.5. The largest absolute Gasteiger partial charge is 0.456 e. The molecule has 0 N–H and O–H groups in total. The van der Waals surface area contributed by atoms with Crippen LogP contribution in [0.1, 0.15) is 0 Å². The van der Waals surface area contributed by atoms with Gasteiger partial charge in [-0.2, -0.15) is 0 Å². The van der Waals surface area contributed by atoms with Crippen LogP contribution in [0, 0.1) is 0 Å². The van der Waals surface area contributed by atoms with Gasteiger partial charge in [-0.15, -0.1) is 11.3 Å². The average Bonchev–Trinajstić information content (AvgIpc) is 3.90. The Morgan fingerprint density at radius 3 is 1.75 bits per heavy atom. The lowest BCUT2D eigenvalue weighted by atomic mass is 10.0. The number of rotatable bonds is 5. The third-order valence-electron chi connectivity index (χ3n) is 10.3. The molecule has 0 aliphatic heterocycles. The molecule has 0 bridgehead atoms. The van der Waals surface area contributed by atoms with Crippen molar-refractivity contribution in [3.05, 3.63) is 176 Å². The molecule has 0 amide bonds. The van der Waals surface area contributed by atoms with Crippen LogP contribution >= 0.6 is 11.3 Å². The number of benzene rings is 8. The monoisotopic (exact) mass is 683 g/mol. The van der Waals surface area contributed by atoms with E-state index in [1.165, 1.54) is 31.3 Å². The van der Waals surface area contributed by atoms with Crippen LogP contribution in [0.3, 0.4) is 0 Å². The van der Waals surface area contributed by atoms with Gasteiger partial charge >= 0.3 is 0 Å². The standard InChI is InChI=1S/C48H29NO2S/c1-2-10-31(11-3-1)35-14-8-15-39-40-16-9-17-42(48(40)52-47(35)39)49(34-25-26-38-36-12-4-6-18-43(36)51-46(38)29-34)33-23-20-30(21-24-33)32-22-27-45-41(28-32)37-13-5-7-19-44(37)50-45/h1-29H. The Morgan fingerprint density at radius 2 is 0.942 bits per heavy atom. The van der Waals surface area contributed by atoms with Gasteiger partial charge in [0.15, 0.2) is 0 Å². The maximum Gasteiger partial charge on any atom is 0.137 e. The fraction of sp³-hybridized carbons (Fsp3) is 0. The molecule has 0 saturated heterocycles. The van der Waals surface area contributed by atoms with Gasteiger partial charge in [0.25, 0.3) is 0 Å². The van der Waals surface area contributed by atoms with Crippen molar-refractivity contribution in [1.82, 2.24) is 0 Å². The predicted octanol–water partition coefficient (Wildman–Crippen LogP) is 14.7. The molecule has 0 fully saturated rings. The molecule has 11 aromatic rings. The minimum Gasteiger partial charge on any atom is -0.456 e. The molecule has 0 aliphatic carbocycles. The highest BCUT2D eigenvalue weighted by Gasteiger charge is 2.21. The van der Waals surface area contributed by atoms with E-state index in [2.05, 4.69) is 157 Å². The Kier molecular flexibility index (Phi) is 6.42. The molecule has 0 saturated carbocycles. The van der Waals surface area contributed by atoms with Crippen molar-refractivity contribution in [2.75, 3.05) is 4.90 Å². The normalized spacial score (nSPS) is 11.8. The van der Waals surface area contributed by atoms with Crippen LogP contribution in [0.25, 0.3) is 86.3 Å². The zero-order valence-electron chi connectivity index (χ0n) is 27.9. The van der Waals surface area contributed by atoms with Crippen LogP contribution in [0.4, 0.5) is 17.1 Å². The highest BCUT2D eigenvalue weighted by atomic mass is 32.1. The lowest BCUT2D eigenvalue weighted by Crippen LogP contribution is -2.10. The molecule has 0 aliphatic rings. The van der Waals surface area contributed by atoms with E-state index < -0.39 is 0 Å². The number of para-hydroxylation sites is 2. The molecule has 0 unspecified atom stereocenters. The van der Waals surface area contributed by atoms with Crippen molar-refractivity contribution in [1.29, 1.82) is 0 Å². The molecule has 8 aromatic carbocycles. The minimum atomic E-state index is 0.871. The quantitative estimate of drug-likeness (QED) is 0.181. The highest BCUT2D eigenvalue weighted by molar-refractivity contribution is 7.27. The summed E-state index contributed by atoms with van der Waals surface area (Å²) < 4.78 is 15.1. The fourth-order valence-electron chi connectivity index (χ4n) is 7.82. The van der Waals surface area contributed by atoms with Crippen molar-refractivity contribution in [2.24, 2.45) is 0 Å². The number of anilines is 3. The van der Waals surface area contributed by atoms with E-state index in [4.69, 9.17) is 8.83 Å². The first-order valence-corrected chi connectivity index (χ1v) is 18.3. The molecule has 3 nitrogen and oxygen atoms in total. The van der Waals surface area contributed by atoms with Crippen LogP contribution in [-0.2, 0) is 0 Å². The SMILES string of the molecule is c1ccc(-c2cccc3c2sc2c(N(c4ccc(-c5ccc6oc7ccccc7c6c5)cc4)c4ccc5c(c4)oc4ccccc45)cccc23)cc1. The summed E-state index contributed by atoms with van der Waals surface area (Å²) in [5, 5.41) is 7.03. The van der Waals surface area contributed by atoms with E-state index in [1.54, 1.807) is 0 Å². The molecule has 11 rings (SSSR count). The minimum absolute atomic E-state index is 0.871. The maximum absolute atomic E-state index is 6.42. The van der Waals surface area contributed by atoms with Crippen molar-refractivity contribution in [3.8, 4) is 22.3 Å². The molecular formula is C48H29NO2S. The average molecular weight is 684 g/mol. The van der Waals surface area contributed by atoms with Gasteiger partial charge in [0.2, 0.25) is 0 Å². The topological polar surface area (TPSA) is 29.5 Å². The van der Waals surface area contributed by atoms with Crippen molar-refractivity contribution < 1.29 is 8.83 Å². The lowest BCUT2D eigenvalue weighted by molar-refractivity contribution is 0.668. The van der Waals surface area contributed by atoms with Crippen LogP contribution in [0.5, 0.6) is 0 Å². The predicted molar refractivity (Wildman–Crippen MR) is 219 cm³/mol. The second-order valence-electron chi connectivity index (χ2n) is 13.3. The molecule has 52 heavy (non-hydrogen) atoms. The van der Waals surface area contributed by atoms with Gasteiger partial charge in [0, 0.05) is 54.5 Å². The summed E-state index contributed by atoms with van der Waals surface area (Å²) in [7, 11) is 0. The molecule has 0 spiro atoms. The van der Waals surface area contributed by atoms with Gasteiger partial charge in [-0.25, -0.2) is 0 Å².